The molecular formula is C15H16F2N4O2. The average molecular weight is 322 g/mol. The first-order chi connectivity index (χ1) is 10.9. The molecule has 3 N–H and O–H groups in total. The van der Waals surface area contributed by atoms with Crippen LogP contribution in [-0.4, -0.2) is 37.7 Å². The highest BCUT2D eigenvalue weighted by Crippen LogP contribution is 2.44. The number of aromatic nitrogens is 3. The first kappa shape index (κ1) is 15.5. The van der Waals surface area contributed by atoms with Gasteiger partial charge in [0.05, 0.1) is 0 Å². The van der Waals surface area contributed by atoms with Gasteiger partial charge in [0.25, 0.3) is 5.91 Å². The van der Waals surface area contributed by atoms with Gasteiger partial charge in [-0.25, -0.2) is 4.98 Å². The van der Waals surface area contributed by atoms with Crippen LogP contribution in [0.5, 0.6) is 0 Å². The number of hydrogen-bond acceptors (Lipinski definition) is 4. The Hall–Kier alpha value is -2.35. The summed E-state index contributed by atoms with van der Waals surface area (Å²) in [7, 11) is 0. The predicted molar refractivity (Wildman–Crippen MR) is 77.4 cm³/mol. The molecule has 0 saturated heterocycles. The van der Waals surface area contributed by atoms with E-state index in [0.29, 0.717) is 17.8 Å². The molecule has 1 heterocycles. The van der Waals surface area contributed by atoms with E-state index in [9.17, 15) is 18.7 Å². The summed E-state index contributed by atoms with van der Waals surface area (Å²) in [5.41, 5.74) is -0.832. The Morgan fingerprint density at radius 2 is 2.22 bits per heavy atom. The lowest BCUT2D eigenvalue weighted by Gasteiger charge is -2.41. The Kier molecular flexibility index (Phi) is 3.85. The highest BCUT2D eigenvalue weighted by Gasteiger charge is 2.61. The Morgan fingerprint density at radius 1 is 1.43 bits per heavy atom. The van der Waals surface area contributed by atoms with E-state index in [-0.39, 0.29) is 19.4 Å². The van der Waals surface area contributed by atoms with Crippen LogP contribution in [0.1, 0.15) is 24.8 Å². The van der Waals surface area contributed by atoms with E-state index in [4.69, 9.17) is 0 Å². The number of alkyl halides is 2. The van der Waals surface area contributed by atoms with Gasteiger partial charge in [-0.3, -0.25) is 9.89 Å². The van der Waals surface area contributed by atoms with Gasteiger partial charge >= 0.3 is 5.92 Å². The van der Waals surface area contributed by atoms with Gasteiger partial charge in [-0.05, 0) is 30.9 Å². The first-order valence-electron chi connectivity index (χ1n) is 7.25. The number of H-pyrrole nitrogens is 1. The van der Waals surface area contributed by atoms with Crippen molar-refractivity contribution in [2.24, 2.45) is 0 Å². The van der Waals surface area contributed by atoms with Gasteiger partial charge in [-0.2, -0.15) is 13.9 Å². The van der Waals surface area contributed by atoms with Crippen LogP contribution in [0.3, 0.4) is 0 Å². The third-order valence-corrected chi connectivity index (χ3v) is 4.12. The lowest BCUT2D eigenvalue weighted by atomic mass is 9.75. The third kappa shape index (κ3) is 2.81. The molecule has 0 unspecified atom stereocenters. The number of aliphatic hydroxyl groups is 1. The van der Waals surface area contributed by atoms with E-state index in [0.717, 1.165) is 5.56 Å². The number of aromatic amines is 1. The second-order valence-corrected chi connectivity index (χ2v) is 5.68. The summed E-state index contributed by atoms with van der Waals surface area (Å²) in [4.78, 5) is 15.7. The predicted octanol–water partition coefficient (Wildman–Crippen LogP) is 1.64. The number of halogens is 2. The van der Waals surface area contributed by atoms with Gasteiger partial charge < -0.3 is 10.4 Å². The molecule has 3 rings (SSSR count). The number of amides is 1. The number of nitrogens with zero attached hydrogens (tertiary/aromatic N) is 2. The van der Waals surface area contributed by atoms with Crippen LogP contribution in [0.15, 0.2) is 30.6 Å². The lowest BCUT2D eigenvalue weighted by Crippen LogP contribution is -2.60. The van der Waals surface area contributed by atoms with Crippen LogP contribution in [0.4, 0.5) is 8.78 Å². The van der Waals surface area contributed by atoms with Crippen molar-refractivity contribution < 1.29 is 18.7 Å². The van der Waals surface area contributed by atoms with E-state index in [1.165, 1.54) is 6.33 Å². The van der Waals surface area contributed by atoms with Gasteiger partial charge in [0.2, 0.25) is 0 Å². The Bertz CT molecular complexity index is 699. The number of benzene rings is 1. The third-order valence-electron chi connectivity index (χ3n) is 4.12. The van der Waals surface area contributed by atoms with Crippen molar-refractivity contribution in [2.75, 3.05) is 0 Å². The molecule has 0 bridgehead atoms. The van der Waals surface area contributed by atoms with Crippen LogP contribution in [-0.2, 0) is 11.3 Å². The molecule has 1 aromatic heterocycles. The summed E-state index contributed by atoms with van der Waals surface area (Å²) in [6, 6.07) is 6.95. The molecular weight excluding hydrogens is 306 g/mol. The molecule has 8 heteroatoms. The van der Waals surface area contributed by atoms with Crippen molar-refractivity contribution in [3.8, 4) is 11.4 Å². The highest BCUT2D eigenvalue weighted by atomic mass is 19.3. The minimum absolute atomic E-state index is 0.0611. The maximum atomic E-state index is 14.0. The van der Waals surface area contributed by atoms with E-state index < -0.39 is 17.4 Å². The topological polar surface area (TPSA) is 90.9 Å². The van der Waals surface area contributed by atoms with E-state index >= 15 is 0 Å². The first-order valence-corrected chi connectivity index (χ1v) is 7.25. The molecule has 6 nitrogen and oxygen atoms in total. The molecule has 1 aliphatic rings. The fraction of sp³-hybridized carbons (Fsp3) is 0.400. The Morgan fingerprint density at radius 3 is 2.83 bits per heavy atom. The molecule has 23 heavy (non-hydrogen) atoms. The summed E-state index contributed by atoms with van der Waals surface area (Å²) < 4.78 is 27.9. The van der Waals surface area contributed by atoms with Gasteiger partial charge in [-0.15, -0.1) is 0 Å². The maximum Gasteiger partial charge on any atom is 0.352 e. The molecule has 0 aliphatic heterocycles. The summed E-state index contributed by atoms with van der Waals surface area (Å²) in [5.74, 6) is -4.69. The molecule has 0 spiro atoms. The smallest absolute Gasteiger partial charge is 0.352 e. The minimum atomic E-state index is -3.78. The zero-order valence-electron chi connectivity index (χ0n) is 12.2. The molecule has 2 aromatic rings. The quantitative estimate of drug-likeness (QED) is 0.780. The molecule has 122 valence electrons. The van der Waals surface area contributed by atoms with Gasteiger partial charge in [0.1, 0.15) is 11.9 Å². The summed E-state index contributed by atoms with van der Waals surface area (Å²) in [5, 5.41) is 18.4. The van der Waals surface area contributed by atoms with E-state index in [2.05, 4.69) is 20.5 Å². The minimum Gasteiger partial charge on any atom is -0.383 e. The summed E-state index contributed by atoms with van der Waals surface area (Å²) in [6.07, 6.45) is 1.74. The van der Waals surface area contributed by atoms with Crippen molar-refractivity contribution in [3.63, 3.8) is 0 Å². The van der Waals surface area contributed by atoms with E-state index in [1.54, 1.807) is 24.3 Å². The largest absolute Gasteiger partial charge is 0.383 e. The second kappa shape index (κ2) is 5.69. The van der Waals surface area contributed by atoms with Crippen molar-refractivity contribution >= 4 is 5.91 Å². The number of carbonyl (C=O) groups is 1. The average Bonchev–Trinajstić information content (AvgIpc) is 3.04. The Labute approximate surface area is 130 Å². The fourth-order valence-corrected chi connectivity index (χ4v) is 2.50. The fourth-order valence-electron chi connectivity index (χ4n) is 2.50. The number of carbonyl (C=O) groups excluding carboxylic acids is 1. The molecule has 0 radical (unpaired) electrons. The standard InChI is InChI=1S/C15H16F2N4O2/c16-15(17,14(23)5-2-6-14)13(22)18-8-10-3-1-4-11(7-10)12-19-9-20-21-12/h1,3-4,7,9,23H,2,5-6,8H2,(H,18,22)(H,19,20,21). The monoisotopic (exact) mass is 322 g/mol. The van der Waals surface area contributed by atoms with Gasteiger partial charge in [-0.1, -0.05) is 18.2 Å². The molecule has 1 amide bonds. The zero-order chi connectivity index (χ0) is 16.5. The number of hydrogen-bond donors (Lipinski definition) is 3. The van der Waals surface area contributed by atoms with Crippen LogP contribution < -0.4 is 5.32 Å². The van der Waals surface area contributed by atoms with Crippen molar-refractivity contribution in [3.05, 3.63) is 36.2 Å². The SMILES string of the molecule is O=C(NCc1cccc(-c2ncn[nH]2)c1)C(F)(F)C1(O)CCC1. The zero-order valence-corrected chi connectivity index (χ0v) is 12.2. The highest BCUT2D eigenvalue weighted by molar-refractivity contribution is 5.85. The summed E-state index contributed by atoms with van der Waals surface area (Å²) >= 11 is 0. The maximum absolute atomic E-state index is 14.0. The Balaban J connectivity index is 1.66. The number of nitrogens with one attached hydrogen (secondary N) is 2. The molecule has 1 fully saturated rings. The molecule has 1 aliphatic carbocycles. The number of rotatable bonds is 5. The van der Waals surface area contributed by atoms with Crippen LogP contribution in [0.2, 0.25) is 0 Å². The van der Waals surface area contributed by atoms with Gasteiger partial charge in [0, 0.05) is 12.1 Å². The molecule has 0 atom stereocenters. The van der Waals surface area contributed by atoms with Crippen LogP contribution >= 0.6 is 0 Å². The van der Waals surface area contributed by atoms with Crippen molar-refractivity contribution in [1.29, 1.82) is 0 Å². The normalized spacial score (nSPS) is 16.7. The van der Waals surface area contributed by atoms with Crippen LogP contribution in [0.25, 0.3) is 11.4 Å². The molecule has 1 saturated carbocycles. The summed E-state index contributed by atoms with van der Waals surface area (Å²) in [6.45, 7) is -0.0630. The lowest BCUT2D eigenvalue weighted by molar-refractivity contribution is -0.216. The van der Waals surface area contributed by atoms with E-state index in [1.807, 2.05) is 0 Å². The van der Waals surface area contributed by atoms with Gasteiger partial charge in [0.15, 0.2) is 5.82 Å². The van der Waals surface area contributed by atoms with Crippen LogP contribution in [0, 0.1) is 0 Å². The molecule has 1 aromatic carbocycles. The van der Waals surface area contributed by atoms with Crippen molar-refractivity contribution in [2.45, 2.75) is 37.3 Å². The second-order valence-electron chi connectivity index (χ2n) is 5.68. The van der Waals surface area contributed by atoms with Crippen molar-refractivity contribution in [1.82, 2.24) is 20.5 Å².